The van der Waals surface area contributed by atoms with Gasteiger partial charge in [0.2, 0.25) is 5.91 Å². The number of nitrogens with one attached hydrogen (secondary N) is 1. The number of amides is 1. The molecule has 2 aromatic carbocycles. The highest BCUT2D eigenvalue weighted by atomic mass is 32.1. The average molecular weight is 383 g/mol. The van der Waals surface area contributed by atoms with Gasteiger partial charge in [0.25, 0.3) is 0 Å². The van der Waals surface area contributed by atoms with Crippen LogP contribution in [0.4, 0.5) is 4.39 Å². The molecule has 1 amide bonds. The number of carbonyl (C=O) groups excluding carboxylic acids is 1. The molecule has 1 heterocycles. The zero-order chi connectivity index (χ0) is 19.2. The number of halogens is 1. The molecule has 1 unspecified atom stereocenters. The fourth-order valence-corrected chi connectivity index (χ4v) is 3.67. The van der Waals surface area contributed by atoms with Crippen molar-refractivity contribution in [3.05, 3.63) is 77.1 Å². The number of nitrogens with zero attached hydrogens (tertiary/aromatic N) is 2. The summed E-state index contributed by atoms with van der Waals surface area (Å²) < 4.78 is 13.4. The number of rotatable bonds is 7. The van der Waals surface area contributed by atoms with E-state index in [0.29, 0.717) is 17.2 Å². The lowest BCUT2D eigenvalue weighted by Crippen LogP contribution is -2.35. The average Bonchev–Trinajstić information content (AvgIpc) is 3.11. The summed E-state index contributed by atoms with van der Waals surface area (Å²) in [6.45, 7) is 0.525. The highest BCUT2D eigenvalue weighted by molar-refractivity contribution is 7.13. The number of hydrogen-bond donors (Lipinski definition) is 1. The number of carbonyl (C=O) groups is 1. The molecular formula is C21H22FN3OS. The molecule has 0 spiro atoms. The molecule has 0 aliphatic heterocycles. The minimum Gasteiger partial charge on any atom is -0.354 e. The van der Waals surface area contributed by atoms with Crippen LogP contribution in [0.5, 0.6) is 0 Å². The Morgan fingerprint density at radius 2 is 1.96 bits per heavy atom. The largest absolute Gasteiger partial charge is 0.354 e. The maximum atomic E-state index is 13.4. The molecule has 0 bridgehead atoms. The molecule has 3 rings (SSSR count). The van der Waals surface area contributed by atoms with E-state index in [-0.39, 0.29) is 24.2 Å². The summed E-state index contributed by atoms with van der Waals surface area (Å²) in [6, 6.07) is 16.5. The van der Waals surface area contributed by atoms with E-state index in [2.05, 4.69) is 27.3 Å². The predicted molar refractivity (Wildman–Crippen MR) is 107 cm³/mol. The van der Waals surface area contributed by atoms with Crippen LogP contribution in [0.2, 0.25) is 0 Å². The number of likely N-dealkylation sites (N-methyl/N-ethyl adjacent to an activating group) is 1. The van der Waals surface area contributed by atoms with Gasteiger partial charge < -0.3 is 10.2 Å². The van der Waals surface area contributed by atoms with E-state index in [1.807, 2.05) is 43.7 Å². The summed E-state index contributed by atoms with van der Waals surface area (Å²) in [5, 5.41) is 5.56. The van der Waals surface area contributed by atoms with Crippen LogP contribution in [0, 0.1) is 5.82 Å². The normalized spacial score (nSPS) is 12.1. The number of benzene rings is 2. The van der Waals surface area contributed by atoms with Gasteiger partial charge in [0.1, 0.15) is 10.8 Å². The van der Waals surface area contributed by atoms with E-state index < -0.39 is 0 Å². The Labute approximate surface area is 162 Å². The highest BCUT2D eigenvalue weighted by Gasteiger charge is 2.16. The smallest absolute Gasteiger partial charge is 0.226 e. The molecule has 0 radical (unpaired) electrons. The van der Waals surface area contributed by atoms with Gasteiger partial charge in [-0.2, -0.15) is 0 Å². The molecule has 6 heteroatoms. The van der Waals surface area contributed by atoms with Crippen molar-refractivity contribution >= 4 is 17.2 Å². The van der Waals surface area contributed by atoms with E-state index in [1.165, 1.54) is 23.5 Å². The molecule has 1 aromatic heterocycles. The quantitative estimate of drug-likeness (QED) is 0.673. The Balaban J connectivity index is 1.59. The molecule has 0 fully saturated rings. The van der Waals surface area contributed by atoms with Gasteiger partial charge in [0.05, 0.1) is 18.2 Å². The third-order valence-corrected chi connectivity index (χ3v) is 5.21. The van der Waals surface area contributed by atoms with Crippen LogP contribution in [0.1, 0.15) is 17.3 Å². The van der Waals surface area contributed by atoms with Crippen LogP contribution < -0.4 is 5.32 Å². The summed E-state index contributed by atoms with van der Waals surface area (Å²) >= 11 is 1.41. The van der Waals surface area contributed by atoms with Crippen molar-refractivity contribution in [2.45, 2.75) is 12.5 Å². The van der Waals surface area contributed by atoms with Crippen molar-refractivity contribution in [2.24, 2.45) is 0 Å². The van der Waals surface area contributed by atoms with Crippen molar-refractivity contribution in [1.82, 2.24) is 15.2 Å². The maximum absolute atomic E-state index is 13.4. The van der Waals surface area contributed by atoms with Gasteiger partial charge in [-0.3, -0.25) is 4.79 Å². The molecule has 0 aliphatic carbocycles. The molecule has 27 heavy (non-hydrogen) atoms. The number of hydrogen-bond acceptors (Lipinski definition) is 4. The van der Waals surface area contributed by atoms with Gasteiger partial charge in [-0.05, 0) is 31.8 Å². The molecule has 0 saturated heterocycles. The highest BCUT2D eigenvalue weighted by Crippen LogP contribution is 2.24. The lowest BCUT2D eigenvalue weighted by Gasteiger charge is -2.25. The van der Waals surface area contributed by atoms with Gasteiger partial charge in [-0.25, -0.2) is 9.37 Å². The first kappa shape index (κ1) is 19.2. The van der Waals surface area contributed by atoms with Crippen LogP contribution in [0.15, 0.2) is 60.0 Å². The van der Waals surface area contributed by atoms with Crippen molar-refractivity contribution in [2.75, 3.05) is 20.6 Å². The van der Waals surface area contributed by atoms with Gasteiger partial charge in [0, 0.05) is 17.5 Å². The SMILES string of the molecule is CN(C)C(CNC(=O)Cc1csc(-c2cccc(F)c2)n1)c1ccccc1. The van der Waals surface area contributed by atoms with Crippen LogP contribution in [0.3, 0.4) is 0 Å². The van der Waals surface area contributed by atoms with Crippen LogP contribution >= 0.6 is 11.3 Å². The lowest BCUT2D eigenvalue weighted by atomic mass is 10.1. The molecule has 140 valence electrons. The first-order chi connectivity index (χ1) is 13.0. The molecule has 1 N–H and O–H groups in total. The van der Waals surface area contributed by atoms with E-state index in [4.69, 9.17) is 0 Å². The Hall–Kier alpha value is -2.57. The van der Waals surface area contributed by atoms with Gasteiger partial charge in [0.15, 0.2) is 0 Å². The van der Waals surface area contributed by atoms with E-state index >= 15 is 0 Å². The first-order valence-electron chi connectivity index (χ1n) is 8.71. The monoisotopic (exact) mass is 383 g/mol. The standard InChI is InChI=1S/C21H22FN3OS/c1-25(2)19(15-7-4-3-5-8-15)13-23-20(26)12-18-14-27-21(24-18)16-9-6-10-17(22)11-16/h3-11,14,19H,12-13H2,1-2H3,(H,23,26). The van der Waals surface area contributed by atoms with E-state index in [0.717, 1.165) is 11.1 Å². The van der Waals surface area contributed by atoms with E-state index in [1.54, 1.807) is 6.07 Å². The van der Waals surface area contributed by atoms with Gasteiger partial charge in [-0.1, -0.05) is 42.5 Å². The summed E-state index contributed by atoms with van der Waals surface area (Å²) in [4.78, 5) is 18.9. The zero-order valence-electron chi connectivity index (χ0n) is 15.4. The van der Waals surface area contributed by atoms with E-state index in [9.17, 15) is 9.18 Å². The lowest BCUT2D eigenvalue weighted by molar-refractivity contribution is -0.120. The van der Waals surface area contributed by atoms with Crippen molar-refractivity contribution < 1.29 is 9.18 Å². The van der Waals surface area contributed by atoms with Crippen molar-refractivity contribution in [3.8, 4) is 10.6 Å². The molecule has 0 aliphatic rings. The summed E-state index contributed by atoms with van der Waals surface area (Å²) in [6.07, 6.45) is 0.209. The van der Waals surface area contributed by atoms with Crippen LogP contribution in [-0.2, 0) is 11.2 Å². The minimum atomic E-state index is -0.294. The Morgan fingerprint density at radius 1 is 1.19 bits per heavy atom. The van der Waals surface area contributed by atoms with Gasteiger partial charge >= 0.3 is 0 Å². The fourth-order valence-electron chi connectivity index (χ4n) is 2.85. The van der Waals surface area contributed by atoms with Gasteiger partial charge in [-0.15, -0.1) is 11.3 Å². The molecule has 1 atom stereocenters. The number of thiazole rings is 1. The van der Waals surface area contributed by atoms with Crippen molar-refractivity contribution in [1.29, 1.82) is 0 Å². The van der Waals surface area contributed by atoms with Crippen LogP contribution in [0.25, 0.3) is 10.6 Å². The Bertz CT molecular complexity index is 895. The fraction of sp³-hybridized carbons (Fsp3) is 0.238. The Kier molecular flexibility index (Phi) is 6.32. The second-order valence-electron chi connectivity index (χ2n) is 6.53. The predicted octanol–water partition coefficient (Wildman–Crippen LogP) is 3.91. The summed E-state index contributed by atoms with van der Waals surface area (Å²) in [7, 11) is 3.99. The minimum absolute atomic E-state index is 0.0751. The van der Waals surface area contributed by atoms with Crippen molar-refractivity contribution in [3.63, 3.8) is 0 Å². The topological polar surface area (TPSA) is 45.2 Å². The third kappa shape index (κ3) is 5.21. The maximum Gasteiger partial charge on any atom is 0.226 e. The molecule has 0 saturated carbocycles. The summed E-state index contributed by atoms with van der Waals surface area (Å²) in [5.41, 5.74) is 2.58. The zero-order valence-corrected chi connectivity index (χ0v) is 16.2. The summed E-state index contributed by atoms with van der Waals surface area (Å²) in [5.74, 6) is -0.369. The van der Waals surface area contributed by atoms with Crippen LogP contribution in [-0.4, -0.2) is 36.4 Å². The molecule has 3 aromatic rings. The first-order valence-corrected chi connectivity index (χ1v) is 9.59. The second kappa shape index (κ2) is 8.88. The second-order valence-corrected chi connectivity index (χ2v) is 7.38. The third-order valence-electron chi connectivity index (χ3n) is 4.27. The molecule has 4 nitrogen and oxygen atoms in total. The molecular weight excluding hydrogens is 361 g/mol. The number of aromatic nitrogens is 1. The Morgan fingerprint density at radius 3 is 2.67 bits per heavy atom.